The van der Waals surface area contributed by atoms with Crippen LogP contribution in [0.15, 0.2) is 0 Å². The highest BCUT2D eigenvalue weighted by Gasteiger charge is 2.33. The first kappa shape index (κ1) is 14.7. The number of hydrogen-bond acceptors (Lipinski definition) is 3. The van der Waals surface area contributed by atoms with Gasteiger partial charge >= 0.3 is 0 Å². The van der Waals surface area contributed by atoms with Crippen LogP contribution in [0.4, 0.5) is 0 Å². The van der Waals surface area contributed by atoms with Gasteiger partial charge in [-0.25, -0.2) is 0 Å². The van der Waals surface area contributed by atoms with Crippen LogP contribution in [0.5, 0.6) is 0 Å². The first-order valence-electron chi connectivity index (χ1n) is 7.05. The number of unbranched alkanes of at least 4 members (excludes halogenated alkanes) is 2. The molecular weight excluding hydrogens is 216 g/mol. The Hall–Kier alpha value is -0.410. The molecule has 0 radical (unpaired) electrons. The predicted molar refractivity (Wildman–Crippen MR) is 68.0 cm³/mol. The molecular formula is C14H26O3. The second kappa shape index (κ2) is 7.83. The van der Waals surface area contributed by atoms with Crippen molar-refractivity contribution in [2.24, 2.45) is 0 Å². The molecule has 0 aromatic carbocycles. The number of ether oxygens (including phenoxy) is 1. The first-order chi connectivity index (χ1) is 8.19. The zero-order valence-electron chi connectivity index (χ0n) is 11.2. The first-order valence-corrected chi connectivity index (χ1v) is 7.05. The number of Topliss-reactive ketones (excluding diaryl/α,β-unsaturated/α-hetero) is 1. The van der Waals surface area contributed by atoms with Gasteiger partial charge in [0, 0.05) is 6.42 Å². The molecule has 100 valence electrons. The lowest BCUT2D eigenvalue weighted by atomic mass is 10.0. The average molecular weight is 242 g/mol. The molecule has 1 aliphatic heterocycles. The summed E-state index contributed by atoms with van der Waals surface area (Å²) in [5.41, 5.74) is 0. The van der Waals surface area contributed by atoms with Crippen LogP contribution in [0.25, 0.3) is 0 Å². The van der Waals surface area contributed by atoms with Crippen molar-refractivity contribution in [2.45, 2.75) is 83.5 Å². The second-order valence-electron chi connectivity index (χ2n) is 5.02. The van der Waals surface area contributed by atoms with Gasteiger partial charge in [-0.05, 0) is 25.7 Å². The van der Waals surface area contributed by atoms with Gasteiger partial charge in [-0.1, -0.05) is 33.1 Å². The molecule has 3 nitrogen and oxygen atoms in total. The molecule has 0 amide bonds. The Morgan fingerprint density at radius 2 is 2.00 bits per heavy atom. The van der Waals surface area contributed by atoms with Gasteiger partial charge in [0.2, 0.25) is 0 Å². The third kappa shape index (κ3) is 4.76. The highest BCUT2D eigenvalue weighted by Crippen LogP contribution is 2.26. The number of rotatable bonds is 8. The molecule has 0 aliphatic carbocycles. The molecule has 1 aliphatic rings. The Kier molecular flexibility index (Phi) is 6.75. The number of aliphatic hydroxyl groups is 1. The fourth-order valence-corrected chi connectivity index (χ4v) is 2.29. The minimum Gasteiger partial charge on any atom is -0.390 e. The molecule has 1 N–H and O–H groups in total. The van der Waals surface area contributed by atoms with Crippen LogP contribution in [-0.2, 0) is 9.53 Å². The number of hydrogen-bond donors (Lipinski definition) is 1. The summed E-state index contributed by atoms with van der Waals surface area (Å²) in [6.07, 6.45) is 6.37. The summed E-state index contributed by atoms with van der Waals surface area (Å²) >= 11 is 0. The molecule has 0 aromatic rings. The predicted octanol–water partition coefficient (Wildman–Crippen LogP) is 2.84. The molecule has 17 heavy (non-hydrogen) atoms. The van der Waals surface area contributed by atoms with E-state index in [9.17, 15) is 9.90 Å². The van der Waals surface area contributed by atoms with E-state index in [1.807, 2.05) is 0 Å². The zero-order chi connectivity index (χ0) is 12.7. The minimum atomic E-state index is -0.390. The van der Waals surface area contributed by atoms with Crippen molar-refractivity contribution < 1.29 is 14.6 Å². The number of carbonyl (C=O) groups excluding carboxylic acids is 1. The highest BCUT2D eigenvalue weighted by atomic mass is 16.5. The lowest BCUT2D eigenvalue weighted by Gasteiger charge is -2.18. The van der Waals surface area contributed by atoms with Gasteiger partial charge in [0.1, 0.15) is 6.10 Å². The Morgan fingerprint density at radius 1 is 1.29 bits per heavy atom. The molecule has 0 bridgehead atoms. The van der Waals surface area contributed by atoms with E-state index in [4.69, 9.17) is 4.74 Å². The Labute approximate surface area is 105 Å². The summed E-state index contributed by atoms with van der Waals surface area (Å²) in [7, 11) is 0. The van der Waals surface area contributed by atoms with E-state index >= 15 is 0 Å². The monoisotopic (exact) mass is 242 g/mol. The van der Waals surface area contributed by atoms with E-state index in [-0.39, 0.29) is 24.1 Å². The fraction of sp³-hybridized carbons (Fsp3) is 0.929. The van der Waals surface area contributed by atoms with E-state index in [1.165, 1.54) is 0 Å². The Morgan fingerprint density at radius 3 is 2.65 bits per heavy atom. The number of ketones is 1. The fourth-order valence-electron chi connectivity index (χ4n) is 2.29. The van der Waals surface area contributed by atoms with Crippen molar-refractivity contribution in [3.63, 3.8) is 0 Å². The van der Waals surface area contributed by atoms with E-state index in [1.54, 1.807) is 0 Å². The lowest BCUT2D eigenvalue weighted by Crippen LogP contribution is -2.28. The zero-order valence-corrected chi connectivity index (χ0v) is 11.2. The van der Waals surface area contributed by atoms with Crippen LogP contribution in [0.3, 0.4) is 0 Å². The summed E-state index contributed by atoms with van der Waals surface area (Å²) in [5, 5.41) is 9.92. The number of aliphatic hydroxyl groups excluding tert-OH is 1. The molecule has 1 heterocycles. The SMILES string of the molecule is CCCCC(=O)[C@H]1CC[C@@H]([C@H](O)CCCC)O1. The maximum atomic E-state index is 11.8. The second-order valence-corrected chi connectivity index (χ2v) is 5.02. The van der Waals surface area contributed by atoms with Gasteiger partial charge in [0.05, 0.1) is 12.2 Å². The third-order valence-electron chi connectivity index (χ3n) is 3.47. The molecule has 1 fully saturated rings. The summed E-state index contributed by atoms with van der Waals surface area (Å²) in [6.45, 7) is 4.19. The summed E-state index contributed by atoms with van der Waals surface area (Å²) < 4.78 is 5.68. The van der Waals surface area contributed by atoms with Crippen molar-refractivity contribution in [2.75, 3.05) is 0 Å². The standard InChI is InChI=1S/C14H26O3/c1-3-5-7-11(15)13-9-10-14(17-13)12(16)8-6-4-2/h11,13-15H,3-10H2,1-2H3/t11-,13+,14-/m1/s1. The van der Waals surface area contributed by atoms with Gasteiger partial charge in [-0.15, -0.1) is 0 Å². The molecule has 1 rings (SSSR count). The van der Waals surface area contributed by atoms with Gasteiger partial charge in [-0.3, -0.25) is 4.79 Å². The van der Waals surface area contributed by atoms with Crippen molar-refractivity contribution in [1.29, 1.82) is 0 Å². The van der Waals surface area contributed by atoms with Gasteiger partial charge in [0.15, 0.2) is 5.78 Å². The molecule has 0 unspecified atom stereocenters. The molecule has 3 atom stereocenters. The summed E-state index contributed by atoms with van der Waals surface area (Å²) in [4.78, 5) is 11.8. The lowest BCUT2D eigenvalue weighted by molar-refractivity contribution is -0.132. The van der Waals surface area contributed by atoms with Crippen LogP contribution >= 0.6 is 0 Å². The van der Waals surface area contributed by atoms with Crippen molar-refractivity contribution in [3.8, 4) is 0 Å². The van der Waals surface area contributed by atoms with E-state index in [2.05, 4.69) is 13.8 Å². The third-order valence-corrected chi connectivity index (χ3v) is 3.47. The molecule has 0 spiro atoms. The Bertz CT molecular complexity index is 228. The highest BCUT2D eigenvalue weighted by molar-refractivity contribution is 5.83. The van der Waals surface area contributed by atoms with Crippen molar-refractivity contribution >= 4 is 5.78 Å². The quantitative estimate of drug-likeness (QED) is 0.712. The van der Waals surface area contributed by atoms with Crippen molar-refractivity contribution in [1.82, 2.24) is 0 Å². The van der Waals surface area contributed by atoms with Crippen LogP contribution in [-0.4, -0.2) is 29.2 Å². The van der Waals surface area contributed by atoms with Crippen LogP contribution < -0.4 is 0 Å². The van der Waals surface area contributed by atoms with Gasteiger partial charge < -0.3 is 9.84 Å². The molecule has 0 aromatic heterocycles. The largest absolute Gasteiger partial charge is 0.390 e. The Balaban J connectivity index is 2.28. The minimum absolute atomic E-state index is 0.114. The van der Waals surface area contributed by atoms with E-state index < -0.39 is 0 Å². The van der Waals surface area contributed by atoms with Crippen LogP contribution in [0.2, 0.25) is 0 Å². The van der Waals surface area contributed by atoms with Gasteiger partial charge in [0.25, 0.3) is 0 Å². The smallest absolute Gasteiger partial charge is 0.161 e. The molecule has 0 saturated carbocycles. The topological polar surface area (TPSA) is 46.5 Å². The molecule has 1 saturated heterocycles. The summed E-state index contributed by atoms with van der Waals surface area (Å²) in [5.74, 6) is 0.219. The maximum absolute atomic E-state index is 11.8. The normalized spacial score (nSPS) is 26.1. The van der Waals surface area contributed by atoms with E-state index in [0.29, 0.717) is 6.42 Å². The van der Waals surface area contributed by atoms with Gasteiger partial charge in [-0.2, -0.15) is 0 Å². The van der Waals surface area contributed by atoms with Crippen LogP contribution in [0.1, 0.15) is 65.2 Å². The van der Waals surface area contributed by atoms with Crippen LogP contribution in [0, 0.1) is 0 Å². The van der Waals surface area contributed by atoms with E-state index in [0.717, 1.165) is 44.9 Å². The average Bonchev–Trinajstić information content (AvgIpc) is 2.82. The molecule has 3 heteroatoms. The summed E-state index contributed by atoms with van der Waals surface area (Å²) in [6, 6.07) is 0. The van der Waals surface area contributed by atoms with Crippen molar-refractivity contribution in [3.05, 3.63) is 0 Å². The number of carbonyl (C=O) groups is 1. The maximum Gasteiger partial charge on any atom is 0.161 e.